The molecule has 0 unspecified atom stereocenters. The number of anilines is 1. The summed E-state index contributed by atoms with van der Waals surface area (Å²) >= 11 is 5.98. The van der Waals surface area contributed by atoms with Gasteiger partial charge in [-0.2, -0.15) is 0 Å². The number of hydrogen-bond acceptors (Lipinski definition) is 3. The first-order valence-electron chi connectivity index (χ1n) is 5.79. The van der Waals surface area contributed by atoms with Gasteiger partial charge >= 0.3 is 0 Å². The summed E-state index contributed by atoms with van der Waals surface area (Å²) in [7, 11) is 2.02. The van der Waals surface area contributed by atoms with E-state index in [2.05, 4.69) is 16.0 Å². The van der Waals surface area contributed by atoms with Gasteiger partial charge in [-0.1, -0.05) is 23.7 Å². The number of pyridine rings is 1. The molecule has 1 aromatic carbocycles. The quantitative estimate of drug-likeness (QED) is 0.920. The zero-order valence-electron chi connectivity index (χ0n) is 10.3. The summed E-state index contributed by atoms with van der Waals surface area (Å²) in [4.78, 5) is 6.28. The van der Waals surface area contributed by atoms with Gasteiger partial charge in [0.05, 0.1) is 11.9 Å². The third kappa shape index (κ3) is 3.00. The van der Waals surface area contributed by atoms with Crippen LogP contribution in [0.2, 0.25) is 5.02 Å². The van der Waals surface area contributed by atoms with Gasteiger partial charge in [-0.15, -0.1) is 0 Å². The average Bonchev–Trinajstić information content (AvgIpc) is 2.38. The zero-order valence-corrected chi connectivity index (χ0v) is 11.1. The van der Waals surface area contributed by atoms with E-state index in [0.29, 0.717) is 6.54 Å². The van der Waals surface area contributed by atoms with Crippen molar-refractivity contribution < 1.29 is 0 Å². The molecule has 0 saturated heterocycles. The van der Waals surface area contributed by atoms with E-state index in [9.17, 15) is 0 Å². The van der Waals surface area contributed by atoms with Crippen LogP contribution in [0.15, 0.2) is 42.7 Å². The first-order valence-corrected chi connectivity index (χ1v) is 6.17. The smallest absolute Gasteiger partial charge is 0.0598 e. The Bertz CT molecular complexity index is 528. The maximum atomic E-state index is 5.98. The lowest BCUT2D eigenvalue weighted by molar-refractivity contribution is 0.897. The lowest BCUT2D eigenvalue weighted by atomic mass is 10.1. The van der Waals surface area contributed by atoms with Crippen molar-refractivity contribution in [3.63, 3.8) is 0 Å². The molecular weight excluding hydrogens is 246 g/mol. The topological polar surface area (TPSA) is 42.2 Å². The zero-order chi connectivity index (χ0) is 13.0. The Morgan fingerprint density at radius 1 is 1.33 bits per heavy atom. The Morgan fingerprint density at radius 3 is 2.89 bits per heavy atom. The number of nitrogens with two attached hydrogens (primary N) is 1. The highest BCUT2D eigenvalue weighted by molar-refractivity contribution is 6.30. The van der Waals surface area contributed by atoms with Crippen LogP contribution in [-0.4, -0.2) is 12.0 Å². The molecule has 0 radical (unpaired) electrons. The van der Waals surface area contributed by atoms with Crippen LogP contribution in [0.25, 0.3) is 0 Å². The maximum absolute atomic E-state index is 5.98. The van der Waals surface area contributed by atoms with Gasteiger partial charge in [0.25, 0.3) is 0 Å². The van der Waals surface area contributed by atoms with E-state index in [1.807, 2.05) is 37.5 Å². The van der Waals surface area contributed by atoms with Gasteiger partial charge < -0.3 is 10.6 Å². The second-order valence-electron chi connectivity index (χ2n) is 4.19. The monoisotopic (exact) mass is 261 g/mol. The fraction of sp³-hybridized carbons (Fsp3) is 0.214. The number of rotatable bonds is 4. The molecule has 2 rings (SSSR count). The molecule has 0 saturated carbocycles. The fourth-order valence-corrected chi connectivity index (χ4v) is 2.14. The predicted molar refractivity (Wildman–Crippen MR) is 75.7 cm³/mol. The predicted octanol–water partition coefficient (Wildman–Crippen LogP) is 2.83. The second kappa shape index (κ2) is 5.85. The van der Waals surface area contributed by atoms with Crippen LogP contribution >= 0.6 is 11.6 Å². The number of aromatic nitrogens is 1. The third-order valence-corrected chi connectivity index (χ3v) is 3.06. The van der Waals surface area contributed by atoms with Gasteiger partial charge in [-0.25, -0.2) is 0 Å². The summed E-state index contributed by atoms with van der Waals surface area (Å²) in [5.41, 5.74) is 9.04. The van der Waals surface area contributed by atoms with Crippen molar-refractivity contribution in [2.75, 3.05) is 11.9 Å². The highest BCUT2D eigenvalue weighted by Crippen LogP contribution is 2.20. The SMILES string of the molecule is CN(Cc1cccc(Cl)c1)c1cnccc1CN. The summed E-state index contributed by atoms with van der Waals surface area (Å²) < 4.78 is 0. The van der Waals surface area contributed by atoms with Crippen LogP contribution in [0.3, 0.4) is 0 Å². The second-order valence-corrected chi connectivity index (χ2v) is 4.63. The maximum Gasteiger partial charge on any atom is 0.0598 e. The summed E-state index contributed by atoms with van der Waals surface area (Å²) in [5.74, 6) is 0. The molecule has 0 spiro atoms. The molecule has 1 heterocycles. The first kappa shape index (κ1) is 12.9. The summed E-state index contributed by atoms with van der Waals surface area (Å²) in [6.45, 7) is 1.29. The standard InChI is InChI=1S/C14H16ClN3/c1-18(10-11-3-2-4-13(15)7-11)14-9-17-6-5-12(14)8-16/h2-7,9H,8,10,16H2,1H3. The van der Waals surface area contributed by atoms with Crippen molar-refractivity contribution in [2.45, 2.75) is 13.1 Å². The number of hydrogen-bond donors (Lipinski definition) is 1. The highest BCUT2D eigenvalue weighted by atomic mass is 35.5. The molecule has 18 heavy (non-hydrogen) atoms. The van der Waals surface area contributed by atoms with Crippen LogP contribution in [-0.2, 0) is 13.1 Å². The van der Waals surface area contributed by atoms with Crippen LogP contribution < -0.4 is 10.6 Å². The molecule has 2 aromatic rings. The van der Waals surface area contributed by atoms with Crippen molar-refractivity contribution in [1.82, 2.24) is 4.98 Å². The Kier molecular flexibility index (Phi) is 4.18. The Labute approximate surface area is 112 Å². The van der Waals surface area contributed by atoms with Gasteiger partial charge in [-0.05, 0) is 29.3 Å². The van der Waals surface area contributed by atoms with E-state index in [1.165, 1.54) is 0 Å². The van der Waals surface area contributed by atoms with Crippen molar-refractivity contribution in [1.29, 1.82) is 0 Å². The van der Waals surface area contributed by atoms with Gasteiger partial charge in [0.1, 0.15) is 0 Å². The average molecular weight is 262 g/mol. The molecule has 0 aliphatic heterocycles. The normalized spacial score (nSPS) is 10.4. The van der Waals surface area contributed by atoms with E-state index in [4.69, 9.17) is 17.3 Å². The van der Waals surface area contributed by atoms with Gasteiger partial charge in [0.2, 0.25) is 0 Å². The van der Waals surface area contributed by atoms with Crippen LogP contribution in [0.5, 0.6) is 0 Å². The lowest BCUT2D eigenvalue weighted by Gasteiger charge is -2.21. The molecular formula is C14H16ClN3. The van der Waals surface area contributed by atoms with E-state index in [-0.39, 0.29) is 0 Å². The molecule has 94 valence electrons. The van der Waals surface area contributed by atoms with Crippen molar-refractivity contribution in [3.05, 3.63) is 58.9 Å². The number of benzene rings is 1. The molecule has 0 amide bonds. The Morgan fingerprint density at radius 2 is 2.17 bits per heavy atom. The third-order valence-electron chi connectivity index (χ3n) is 2.83. The van der Waals surface area contributed by atoms with Gasteiger partial charge in [0, 0.05) is 31.4 Å². The van der Waals surface area contributed by atoms with E-state index in [1.54, 1.807) is 6.20 Å². The molecule has 2 N–H and O–H groups in total. The van der Waals surface area contributed by atoms with E-state index in [0.717, 1.165) is 28.4 Å². The van der Waals surface area contributed by atoms with Gasteiger partial charge in [0.15, 0.2) is 0 Å². The highest BCUT2D eigenvalue weighted by Gasteiger charge is 2.07. The van der Waals surface area contributed by atoms with Crippen LogP contribution in [0.4, 0.5) is 5.69 Å². The summed E-state index contributed by atoms with van der Waals surface area (Å²) in [6, 6.07) is 9.81. The molecule has 0 atom stereocenters. The molecule has 0 fully saturated rings. The van der Waals surface area contributed by atoms with Crippen LogP contribution in [0, 0.1) is 0 Å². The minimum Gasteiger partial charge on any atom is -0.369 e. The van der Waals surface area contributed by atoms with Crippen LogP contribution in [0.1, 0.15) is 11.1 Å². The van der Waals surface area contributed by atoms with Crippen molar-refractivity contribution >= 4 is 17.3 Å². The number of halogens is 1. The first-order chi connectivity index (χ1) is 8.70. The Balaban J connectivity index is 2.19. The lowest BCUT2D eigenvalue weighted by Crippen LogP contribution is -2.19. The van der Waals surface area contributed by atoms with E-state index < -0.39 is 0 Å². The Hall–Kier alpha value is -1.58. The molecule has 3 nitrogen and oxygen atoms in total. The summed E-state index contributed by atoms with van der Waals surface area (Å²) in [6.07, 6.45) is 3.60. The molecule has 0 bridgehead atoms. The number of nitrogens with zero attached hydrogens (tertiary/aromatic N) is 2. The largest absolute Gasteiger partial charge is 0.369 e. The molecule has 1 aromatic heterocycles. The van der Waals surface area contributed by atoms with Gasteiger partial charge in [-0.3, -0.25) is 4.98 Å². The molecule has 4 heteroatoms. The van der Waals surface area contributed by atoms with Crippen molar-refractivity contribution in [3.8, 4) is 0 Å². The van der Waals surface area contributed by atoms with Crippen molar-refractivity contribution in [2.24, 2.45) is 5.73 Å². The molecule has 0 aliphatic rings. The molecule has 0 aliphatic carbocycles. The fourth-order valence-electron chi connectivity index (χ4n) is 1.93. The minimum atomic E-state index is 0.512. The van der Waals surface area contributed by atoms with E-state index >= 15 is 0 Å². The summed E-state index contributed by atoms with van der Waals surface area (Å²) in [5, 5.41) is 0.756. The minimum absolute atomic E-state index is 0.512.